The van der Waals surface area contributed by atoms with Gasteiger partial charge in [-0.15, -0.1) is 0 Å². The average Bonchev–Trinajstić information content (AvgIpc) is 3.21. The third-order valence-corrected chi connectivity index (χ3v) is 4.76. The van der Waals surface area contributed by atoms with E-state index in [4.69, 9.17) is 9.97 Å². The minimum Gasteiger partial charge on any atom is -0.368 e. The molecular formula is C20H22N6O. The summed E-state index contributed by atoms with van der Waals surface area (Å²) in [5.41, 5.74) is 2.88. The van der Waals surface area contributed by atoms with Crippen LogP contribution < -0.4 is 5.32 Å². The number of nitrogens with zero attached hydrogens (tertiary/aromatic N) is 5. The van der Waals surface area contributed by atoms with Gasteiger partial charge in [-0.25, -0.2) is 9.97 Å². The van der Waals surface area contributed by atoms with Gasteiger partial charge in [-0.1, -0.05) is 0 Å². The summed E-state index contributed by atoms with van der Waals surface area (Å²) in [7, 11) is 0. The fourth-order valence-electron chi connectivity index (χ4n) is 3.29. The lowest BCUT2D eigenvalue weighted by Gasteiger charge is -2.28. The van der Waals surface area contributed by atoms with E-state index in [1.807, 2.05) is 41.6 Å². The molecule has 1 aliphatic heterocycles. The second-order valence-corrected chi connectivity index (χ2v) is 6.60. The van der Waals surface area contributed by atoms with E-state index in [0.717, 1.165) is 42.1 Å². The number of carbonyl (C=O) groups excluding carboxylic acids is 1. The van der Waals surface area contributed by atoms with E-state index in [0.29, 0.717) is 18.9 Å². The Kier molecular flexibility index (Phi) is 4.82. The average molecular weight is 362 g/mol. The number of pyridine rings is 1. The minimum atomic E-state index is 0.0734. The molecule has 0 unspecified atom stereocenters. The van der Waals surface area contributed by atoms with Crippen LogP contribution in [0.4, 0.5) is 5.82 Å². The predicted molar refractivity (Wildman–Crippen MR) is 103 cm³/mol. The van der Waals surface area contributed by atoms with Crippen LogP contribution in [0.1, 0.15) is 18.2 Å². The lowest BCUT2D eigenvalue weighted by molar-refractivity contribution is -0.129. The van der Waals surface area contributed by atoms with Gasteiger partial charge in [0.1, 0.15) is 5.82 Å². The van der Waals surface area contributed by atoms with Crippen molar-refractivity contribution in [3.63, 3.8) is 0 Å². The molecule has 3 aromatic rings. The Bertz CT molecular complexity index is 923. The summed E-state index contributed by atoms with van der Waals surface area (Å²) >= 11 is 0. The number of anilines is 1. The lowest BCUT2D eigenvalue weighted by Crippen LogP contribution is -2.35. The monoisotopic (exact) mass is 362 g/mol. The molecule has 4 heterocycles. The largest absolute Gasteiger partial charge is 0.368 e. The second-order valence-electron chi connectivity index (χ2n) is 6.60. The smallest absolute Gasteiger partial charge is 0.219 e. The van der Waals surface area contributed by atoms with Crippen molar-refractivity contribution in [2.45, 2.75) is 26.4 Å². The third kappa shape index (κ3) is 3.81. The van der Waals surface area contributed by atoms with E-state index < -0.39 is 0 Å². The fraction of sp³-hybridized carbons (Fsp3) is 0.300. The van der Waals surface area contributed by atoms with Crippen LogP contribution in [0.15, 0.2) is 49.1 Å². The Labute approximate surface area is 158 Å². The van der Waals surface area contributed by atoms with Gasteiger partial charge < -0.3 is 14.8 Å². The standard InChI is InChI=1S/C20H22N6O/c1-15(27)26-11-6-17-18(14-26)23-19(16-5-4-7-21-13-16)24-20(17)22-8-12-25-9-2-3-10-25/h2-5,7,9-10,13H,6,8,11-12,14H2,1H3,(H,22,23,24). The predicted octanol–water partition coefficient (Wildman–Crippen LogP) is 2.36. The molecule has 3 aromatic heterocycles. The lowest BCUT2D eigenvalue weighted by atomic mass is 10.0. The van der Waals surface area contributed by atoms with Crippen LogP contribution in [0.2, 0.25) is 0 Å². The van der Waals surface area contributed by atoms with Gasteiger partial charge in [0.05, 0.1) is 12.2 Å². The van der Waals surface area contributed by atoms with E-state index in [1.54, 1.807) is 19.3 Å². The summed E-state index contributed by atoms with van der Waals surface area (Å²) < 4.78 is 2.13. The molecule has 0 aliphatic carbocycles. The van der Waals surface area contributed by atoms with Crippen LogP contribution >= 0.6 is 0 Å². The number of carbonyl (C=O) groups is 1. The van der Waals surface area contributed by atoms with E-state index >= 15 is 0 Å². The number of fused-ring (bicyclic) bond motifs is 1. The quantitative estimate of drug-likeness (QED) is 0.754. The van der Waals surface area contributed by atoms with Crippen molar-refractivity contribution >= 4 is 11.7 Å². The molecule has 0 saturated heterocycles. The van der Waals surface area contributed by atoms with Gasteiger partial charge in [-0.3, -0.25) is 9.78 Å². The summed E-state index contributed by atoms with van der Waals surface area (Å²) in [6.07, 6.45) is 8.34. The Hall–Kier alpha value is -3.22. The highest BCUT2D eigenvalue weighted by atomic mass is 16.2. The number of aromatic nitrogens is 4. The molecule has 0 radical (unpaired) electrons. The van der Waals surface area contributed by atoms with Crippen LogP contribution in [-0.4, -0.2) is 43.4 Å². The van der Waals surface area contributed by atoms with Crippen LogP contribution in [0.25, 0.3) is 11.4 Å². The molecule has 27 heavy (non-hydrogen) atoms. The first kappa shape index (κ1) is 17.2. The van der Waals surface area contributed by atoms with Crippen molar-refractivity contribution in [2.75, 3.05) is 18.4 Å². The molecule has 1 aliphatic rings. The van der Waals surface area contributed by atoms with Crippen LogP contribution in [0.5, 0.6) is 0 Å². The first-order valence-electron chi connectivity index (χ1n) is 9.11. The Morgan fingerprint density at radius 3 is 2.81 bits per heavy atom. The Balaban J connectivity index is 1.64. The summed E-state index contributed by atoms with van der Waals surface area (Å²) in [6, 6.07) is 7.86. The highest BCUT2D eigenvalue weighted by Crippen LogP contribution is 2.27. The zero-order valence-corrected chi connectivity index (χ0v) is 15.3. The molecule has 138 valence electrons. The number of nitrogens with one attached hydrogen (secondary N) is 1. The minimum absolute atomic E-state index is 0.0734. The van der Waals surface area contributed by atoms with Crippen molar-refractivity contribution in [2.24, 2.45) is 0 Å². The molecule has 7 heteroatoms. The van der Waals surface area contributed by atoms with E-state index in [-0.39, 0.29) is 5.91 Å². The highest BCUT2D eigenvalue weighted by molar-refractivity contribution is 5.74. The van der Waals surface area contributed by atoms with Gasteiger partial charge in [0, 0.05) is 62.5 Å². The summed E-state index contributed by atoms with van der Waals surface area (Å²) in [4.78, 5) is 27.3. The van der Waals surface area contributed by atoms with Crippen molar-refractivity contribution in [3.8, 4) is 11.4 Å². The Morgan fingerprint density at radius 2 is 2.07 bits per heavy atom. The van der Waals surface area contributed by atoms with Crippen LogP contribution in [0.3, 0.4) is 0 Å². The van der Waals surface area contributed by atoms with E-state index in [9.17, 15) is 4.79 Å². The molecule has 1 amide bonds. The molecule has 7 nitrogen and oxygen atoms in total. The molecule has 0 fully saturated rings. The summed E-state index contributed by atoms with van der Waals surface area (Å²) in [6.45, 7) is 4.44. The highest BCUT2D eigenvalue weighted by Gasteiger charge is 2.24. The molecule has 0 saturated carbocycles. The van der Waals surface area contributed by atoms with Gasteiger partial charge in [0.2, 0.25) is 5.91 Å². The van der Waals surface area contributed by atoms with Gasteiger partial charge in [0.25, 0.3) is 0 Å². The van der Waals surface area contributed by atoms with E-state index in [1.165, 1.54) is 0 Å². The topological polar surface area (TPSA) is 75.9 Å². The Morgan fingerprint density at radius 1 is 1.22 bits per heavy atom. The summed E-state index contributed by atoms with van der Waals surface area (Å²) in [5.74, 6) is 1.56. The van der Waals surface area contributed by atoms with Crippen molar-refractivity contribution in [1.82, 2.24) is 24.4 Å². The zero-order chi connectivity index (χ0) is 18.6. The number of amides is 1. The molecule has 0 spiro atoms. The van der Waals surface area contributed by atoms with Crippen LogP contribution in [0, 0.1) is 0 Å². The summed E-state index contributed by atoms with van der Waals surface area (Å²) in [5, 5.41) is 3.47. The molecule has 0 bridgehead atoms. The second kappa shape index (κ2) is 7.57. The number of hydrogen-bond donors (Lipinski definition) is 1. The molecular weight excluding hydrogens is 340 g/mol. The van der Waals surface area contributed by atoms with Gasteiger partial charge in [0.15, 0.2) is 5.82 Å². The van der Waals surface area contributed by atoms with Gasteiger partial charge in [-0.05, 0) is 30.7 Å². The first-order chi connectivity index (χ1) is 13.2. The maximum absolute atomic E-state index is 11.8. The van der Waals surface area contributed by atoms with Crippen LogP contribution in [-0.2, 0) is 24.3 Å². The van der Waals surface area contributed by atoms with Crippen molar-refractivity contribution < 1.29 is 4.79 Å². The fourth-order valence-corrected chi connectivity index (χ4v) is 3.29. The molecule has 0 aromatic carbocycles. The maximum Gasteiger partial charge on any atom is 0.219 e. The van der Waals surface area contributed by atoms with E-state index in [2.05, 4.69) is 14.9 Å². The molecule has 0 atom stereocenters. The van der Waals surface area contributed by atoms with Gasteiger partial charge >= 0.3 is 0 Å². The number of rotatable bonds is 5. The maximum atomic E-state index is 11.8. The molecule has 4 rings (SSSR count). The number of hydrogen-bond acceptors (Lipinski definition) is 5. The SMILES string of the molecule is CC(=O)N1CCc2c(nc(-c3cccnc3)nc2NCCn2cccc2)C1. The van der Waals surface area contributed by atoms with Crippen molar-refractivity contribution in [3.05, 3.63) is 60.3 Å². The van der Waals surface area contributed by atoms with Crippen molar-refractivity contribution in [1.29, 1.82) is 0 Å². The van der Waals surface area contributed by atoms with Gasteiger partial charge in [-0.2, -0.15) is 0 Å². The first-order valence-corrected chi connectivity index (χ1v) is 9.11. The zero-order valence-electron chi connectivity index (χ0n) is 15.3. The third-order valence-electron chi connectivity index (χ3n) is 4.76. The molecule has 1 N–H and O–H groups in total. The normalized spacial score (nSPS) is 13.3.